The lowest BCUT2D eigenvalue weighted by Crippen LogP contribution is -2.11. The zero-order valence-corrected chi connectivity index (χ0v) is 7.53. The molecule has 0 unspecified atom stereocenters. The van der Waals surface area contributed by atoms with Gasteiger partial charge in [0.05, 0.1) is 5.39 Å². The van der Waals surface area contributed by atoms with Gasteiger partial charge in [-0.3, -0.25) is 4.79 Å². The number of aromatic nitrogens is 3. The van der Waals surface area contributed by atoms with E-state index in [0.717, 1.165) is 0 Å². The highest BCUT2D eigenvalue weighted by atomic mass is 16.1. The fourth-order valence-corrected chi connectivity index (χ4v) is 1.23. The van der Waals surface area contributed by atoms with E-state index < -0.39 is 0 Å². The molecule has 0 bridgehead atoms. The van der Waals surface area contributed by atoms with E-state index in [-0.39, 0.29) is 17.3 Å². The Hall–Kier alpha value is -2.11. The zero-order valence-electron chi connectivity index (χ0n) is 7.53. The van der Waals surface area contributed by atoms with Crippen LogP contribution in [0.5, 0.6) is 0 Å². The molecule has 0 saturated carbocycles. The van der Waals surface area contributed by atoms with Crippen LogP contribution in [0.1, 0.15) is 5.56 Å². The maximum atomic E-state index is 11.3. The monoisotopic (exact) mass is 191 g/mol. The van der Waals surface area contributed by atoms with Crippen molar-refractivity contribution in [2.24, 2.45) is 0 Å². The molecule has 0 atom stereocenters. The quantitative estimate of drug-likeness (QED) is 0.533. The van der Waals surface area contributed by atoms with Crippen molar-refractivity contribution in [3.05, 3.63) is 22.0 Å². The fraction of sp³-hybridized carbons (Fsp3) is 0.125. The van der Waals surface area contributed by atoms with E-state index in [1.54, 1.807) is 13.0 Å². The van der Waals surface area contributed by atoms with E-state index >= 15 is 0 Å². The van der Waals surface area contributed by atoms with Crippen LogP contribution in [0, 0.1) is 6.92 Å². The van der Waals surface area contributed by atoms with Gasteiger partial charge in [-0.15, -0.1) is 0 Å². The third-order valence-corrected chi connectivity index (χ3v) is 1.94. The molecule has 0 aliphatic carbocycles. The van der Waals surface area contributed by atoms with Gasteiger partial charge in [-0.2, -0.15) is 9.97 Å². The Balaban J connectivity index is 2.96. The number of nitrogens with one attached hydrogen (secondary N) is 1. The van der Waals surface area contributed by atoms with Gasteiger partial charge in [0.2, 0.25) is 5.95 Å². The summed E-state index contributed by atoms with van der Waals surface area (Å²) in [5.74, 6) is 0.321. The molecule has 5 N–H and O–H groups in total. The maximum absolute atomic E-state index is 11.3. The number of rotatable bonds is 0. The summed E-state index contributed by atoms with van der Waals surface area (Å²) in [4.78, 5) is 21.5. The highest BCUT2D eigenvalue weighted by Crippen LogP contribution is 2.15. The van der Waals surface area contributed by atoms with Gasteiger partial charge in [0.25, 0.3) is 5.56 Å². The second-order valence-corrected chi connectivity index (χ2v) is 3.01. The zero-order chi connectivity index (χ0) is 10.3. The molecule has 0 aliphatic rings. The third kappa shape index (κ3) is 1.17. The van der Waals surface area contributed by atoms with Crippen LogP contribution in [0.4, 0.5) is 11.8 Å². The van der Waals surface area contributed by atoms with Crippen LogP contribution in [0.15, 0.2) is 10.9 Å². The predicted molar refractivity (Wildman–Crippen MR) is 53.7 cm³/mol. The van der Waals surface area contributed by atoms with Gasteiger partial charge in [0.15, 0.2) is 0 Å². The van der Waals surface area contributed by atoms with Crippen LogP contribution in [0.2, 0.25) is 0 Å². The van der Waals surface area contributed by atoms with Crippen molar-refractivity contribution >= 4 is 22.8 Å². The summed E-state index contributed by atoms with van der Waals surface area (Å²) in [6.45, 7) is 1.69. The minimum Gasteiger partial charge on any atom is -0.383 e. The van der Waals surface area contributed by atoms with E-state index in [0.29, 0.717) is 16.6 Å². The molecular weight excluding hydrogens is 182 g/mol. The second kappa shape index (κ2) is 2.69. The number of hydrogen-bond donors (Lipinski definition) is 3. The maximum Gasteiger partial charge on any atom is 0.252 e. The molecule has 2 rings (SSSR count). The molecule has 0 aliphatic heterocycles. The number of fused-ring (bicyclic) bond motifs is 1. The Kier molecular flexibility index (Phi) is 1.63. The molecule has 0 spiro atoms. The number of aromatic amines is 1. The first-order valence-corrected chi connectivity index (χ1v) is 4.00. The number of nitrogens with two attached hydrogens (primary N) is 2. The molecule has 6 nitrogen and oxygen atoms in total. The number of pyridine rings is 1. The Labute approximate surface area is 79.0 Å². The normalized spacial score (nSPS) is 10.6. The summed E-state index contributed by atoms with van der Waals surface area (Å²) in [6.07, 6.45) is 0. The van der Waals surface area contributed by atoms with E-state index in [4.69, 9.17) is 11.5 Å². The first-order chi connectivity index (χ1) is 6.58. The van der Waals surface area contributed by atoms with Gasteiger partial charge in [0.1, 0.15) is 11.5 Å². The number of anilines is 2. The van der Waals surface area contributed by atoms with Crippen molar-refractivity contribution in [3.8, 4) is 0 Å². The minimum atomic E-state index is -0.199. The van der Waals surface area contributed by atoms with E-state index in [2.05, 4.69) is 15.0 Å². The number of H-pyrrole nitrogens is 1. The summed E-state index contributed by atoms with van der Waals surface area (Å²) in [7, 11) is 0. The first-order valence-electron chi connectivity index (χ1n) is 4.00. The van der Waals surface area contributed by atoms with Crippen LogP contribution in [-0.4, -0.2) is 15.0 Å². The summed E-state index contributed by atoms with van der Waals surface area (Å²) >= 11 is 0. The van der Waals surface area contributed by atoms with Crippen LogP contribution in [0.25, 0.3) is 11.0 Å². The second-order valence-electron chi connectivity index (χ2n) is 3.01. The lowest BCUT2D eigenvalue weighted by molar-refractivity contribution is 1.15. The molecular formula is C8H9N5O. The van der Waals surface area contributed by atoms with Gasteiger partial charge in [-0.05, 0) is 13.0 Å². The lowest BCUT2D eigenvalue weighted by Gasteiger charge is -2.02. The SMILES string of the molecule is Cc1cc2c(N)nc(N)nc2[nH]c1=O. The van der Waals surface area contributed by atoms with Crippen molar-refractivity contribution in [2.75, 3.05) is 11.5 Å². The lowest BCUT2D eigenvalue weighted by atomic mass is 10.2. The minimum absolute atomic E-state index is 0.0505. The van der Waals surface area contributed by atoms with E-state index in [1.807, 2.05) is 0 Å². The fourth-order valence-electron chi connectivity index (χ4n) is 1.23. The van der Waals surface area contributed by atoms with Gasteiger partial charge >= 0.3 is 0 Å². The van der Waals surface area contributed by atoms with Crippen LogP contribution < -0.4 is 17.0 Å². The third-order valence-electron chi connectivity index (χ3n) is 1.94. The Morgan fingerprint density at radius 1 is 1.36 bits per heavy atom. The van der Waals surface area contributed by atoms with Crippen molar-refractivity contribution in [1.82, 2.24) is 15.0 Å². The predicted octanol–water partition coefficient (Wildman–Crippen LogP) is -0.209. The smallest absolute Gasteiger partial charge is 0.252 e. The average molecular weight is 191 g/mol. The summed E-state index contributed by atoms with van der Waals surface area (Å²) in [6, 6.07) is 1.64. The topological polar surface area (TPSA) is 111 Å². The molecule has 2 aromatic rings. The van der Waals surface area contributed by atoms with Gasteiger partial charge in [0, 0.05) is 5.56 Å². The van der Waals surface area contributed by atoms with Gasteiger partial charge in [-0.25, -0.2) is 0 Å². The van der Waals surface area contributed by atoms with E-state index in [1.165, 1.54) is 0 Å². The standard InChI is InChI=1S/C8H9N5O/c1-3-2-4-5(9)11-8(10)13-6(4)12-7(3)14/h2H,1H3,(H5,9,10,11,12,13,14). The number of hydrogen-bond acceptors (Lipinski definition) is 5. The van der Waals surface area contributed by atoms with E-state index in [9.17, 15) is 4.79 Å². The molecule has 0 aromatic carbocycles. The largest absolute Gasteiger partial charge is 0.383 e. The molecule has 2 heterocycles. The Morgan fingerprint density at radius 3 is 2.79 bits per heavy atom. The van der Waals surface area contributed by atoms with Gasteiger partial charge < -0.3 is 16.5 Å². The molecule has 6 heteroatoms. The van der Waals surface area contributed by atoms with Crippen LogP contribution >= 0.6 is 0 Å². The Bertz CT molecular complexity index is 559. The summed E-state index contributed by atoms with van der Waals surface area (Å²) in [5, 5.41) is 0.608. The van der Waals surface area contributed by atoms with Crippen LogP contribution in [-0.2, 0) is 0 Å². The molecule has 0 amide bonds. The molecule has 72 valence electrons. The van der Waals surface area contributed by atoms with Crippen molar-refractivity contribution in [1.29, 1.82) is 0 Å². The number of aryl methyl sites for hydroxylation is 1. The number of nitrogens with zero attached hydrogens (tertiary/aromatic N) is 2. The van der Waals surface area contributed by atoms with Crippen molar-refractivity contribution in [3.63, 3.8) is 0 Å². The van der Waals surface area contributed by atoms with Crippen LogP contribution in [0.3, 0.4) is 0 Å². The molecule has 0 radical (unpaired) electrons. The molecule has 2 aromatic heterocycles. The highest BCUT2D eigenvalue weighted by molar-refractivity contribution is 5.86. The molecule has 0 fully saturated rings. The summed E-state index contributed by atoms with van der Waals surface area (Å²) in [5.41, 5.74) is 11.7. The summed E-state index contributed by atoms with van der Waals surface area (Å²) < 4.78 is 0. The highest BCUT2D eigenvalue weighted by Gasteiger charge is 2.05. The Morgan fingerprint density at radius 2 is 2.07 bits per heavy atom. The van der Waals surface area contributed by atoms with Gasteiger partial charge in [-0.1, -0.05) is 0 Å². The molecule has 14 heavy (non-hydrogen) atoms. The average Bonchev–Trinajstić information content (AvgIpc) is 2.08. The first kappa shape index (κ1) is 8.49. The van der Waals surface area contributed by atoms with Crippen molar-refractivity contribution < 1.29 is 0 Å². The molecule has 0 saturated heterocycles. The number of nitrogen functional groups attached to an aromatic ring is 2. The van der Waals surface area contributed by atoms with Crippen molar-refractivity contribution in [2.45, 2.75) is 6.92 Å².